The van der Waals surface area contributed by atoms with Crippen LogP contribution in [0, 0.1) is 20.8 Å². The molecule has 3 aromatic rings. The molecule has 1 aliphatic heterocycles. The Hall–Kier alpha value is -2.80. The number of aryl methyl sites for hydroxylation is 4. The molecule has 0 aliphatic carbocycles. The molecule has 0 amide bonds. The Labute approximate surface area is 205 Å². The van der Waals surface area contributed by atoms with Crippen molar-refractivity contribution in [2.24, 2.45) is 0 Å². The molecule has 7 heteroatoms. The van der Waals surface area contributed by atoms with Crippen LogP contribution in [0.3, 0.4) is 0 Å². The van der Waals surface area contributed by atoms with Gasteiger partial charge < -0.3 is 24.7 Å². The van der Waals surface area contributed by atoms with Crippen LogP contribution in [0.5, 0.6) is 11.5 Å². The van der Waals surface area contributed by atoms with E-state index in [-0.39, 0.29) is 0 Å². The minimum absolute atomic E-state index is 0.359. The Morgan fingerprint density at radius 2 is 1.65 bits per heavy atom. The van der Waals surface area contributed by atoms with Gasteiger partial charge in [-0.1, -0.05) is 27.7 Å². The van der Waals surface area contributed by atoms with E-state index in [4.69, 9.17) is 9.47 Å². The zero-order chi connectivity index (χ0) is 25.1. The quantitative estimate of drug-likeness (QED) is 0.394. The van der Waals surface area contributed by atoms with Gasteiger partial charge in [0.1, 0.15) is 11.3 Å². The Kier molecular flexibility index (Phi) is 11.1. The van der Waals surface area contributed by atoms with Gasteiger partial charge >= 0.3 is 0 Å². The molecule has 188 valence electrons. The predicted molar refractivity (Wildman–Crippen MR) is 142 cm³/mol. The van der Waals surface area contributed by atoms with E-state index in [9.17, 15) is 0 Å². The number of benzene rings is 1. The molecule has 1 aromatic carbocycles. The van der Waals surface area contributed by atoms with Crippen LogP contribution in [-0.4, -0.2) is 41.0 Å². The second-order valence-electron chi connectivity index (χ2n) is 8.20. The number of anilines is 1. The molecular weight excluding hydrogens is 426 g/mol. The fraction of sp³-hybridized carbons (Fsp3) is 0.556. The summed E-state index contributed by atoms with van der Waals surface area (Å²) in [5.74, 6) is 3.64. The van der Waals surface area contributed by atoms with Gasteiger partial charge in [-0.2, -0.15) is 0 Å². The molecule has 3 heterocycles. The van der Waals surface area contributed by atoms with E-state index in [0.717, 1.165) is 53.7 Å². The summed E-state index contributed by atoms with van der Waals surface area (Å²) in [6, 6.07) is 6.71. The smallest absolute Gasteiger partial charge is 0.231 e. The second kappa shape index (κ2) is 13.8. The fourth-order valence-corrected chi connectivity index (χ4v) is 3.90. The summed E-state index contributed by atoms with van der Waals surface area (Å²) >= 11 is 0. The molecule has 0 unspecified atom stereocenters. The molecule has 0 radical (unpaired) electrons. The fourth-order valence-electron chi connectivity index (χ4n) is 3.90. The first kappa shape index (κ1) is 27.4. The van der Waals surface area contributed by atoms with E-state index >= 15 is 0 Å². The Morgan fingerprint density at radius 3 is 2.21 bits per heavy atom. The van der Waals surface area contributed by atoms with Crippen LogP contribution < -0.4 is 20.1 Å². The number of hydrogen-bond donors (Lipinski definition) is 2. The molecule has 0 atom stereocenters. The second-order valence-corrected chi connectivity index (χ2v) is 8.20. The molecule has 34 heavy (non-hydrogen) atoms. The number of rotatable bonds is 8. The largest absolute Gasteiger partial charge is 0.454 e. The highest BCUT2D eigenvalue weighted by atomic mass is 16.7. The van der Waals surface area contributed by atoms with Crippen LogP contribution in [0.4, 0.5) is 5.82 Å². The van der Waals surface area contributed by atoms with Gasteiger partial charge in [-0.15, -0.1) is 0 Å². The first-order valence-electron chi connectivity index (χ1n) is 12.6. The number of imidazole rings is 1. The lowest BCUT2D eigenvalue weighted by atomic mass is 10.1. The first-order chi connectivity index (χ1) is 16.5. The van der Waals surface area contributed by atoms with E-state index in [1.807, 2.05) is 45.3 Å². The molecule has 4 rings (SSSR count). The van der Waals surface area contributed by atoms with Crippen LogP contribution in [0.1, 0.15) is 63.9 Å². The van der Waals surface area contributed by atoms with Crippen molar-refractivity contribution in [3.8, 4) is 11.5 Å². The van der Waals surface area contributed by atoms with Crippen LogP contribution >= 0.6 is 0 Å². The highest BCUT2D eigenvalue weighted by Gasteiger charge is 2.13. The first-order valence-corrected chi connectivity index (χ1v) is 12.6. The molecule has 1 aliphatic rings. The van der Waals surface area contributed by atoms with E-state index in [1.165, 1.54) is 24.0 Å². The maximum Gasteiger partial charge on any atom is 0.231 e. The lowest BCUT2D eigenvalue weighted by Gasteiger charge is -2.15. The van der Waals surface area contributed by atoms with Crippen molar-refractivity contribution in [2.75, 3.05) is 25.7 Å². The molecule has 0 spiro atoms. The summed E-state index contributed by atoms with van der Waals surface area (Å²) in [4.78, 5) is 8.97. The number of pyridine rings is 1. The van der Waals surface area contributed by atoms with E-state index in [1.54, 1.807) is 0 Å². The summed E-state index contributed by atoms with van der Waals surface area (Å²) in [7, 11) is 1.88. The van der Waals surface area contributed by atoms with Crippen molar-refractivity contribution in [3.63, 3.8) is 0 Å². The average Bonchev–Trinajstić information content (AvgIpc) is 3.44. The van der Waals surface area contributed by atoms with Crippen LogP contribution in [0.25, 0.3) is 11.0 Å². The Balaban J connectivity index is 0.000000262. The van der Waals surface area contributed by atoms with E-state index in [2.05, 4.69) is 59.8 Å². The van der Waals surface area contributed by atoms with Gasteiger partial charge in [0.25, 0.3) is 0 Å². The molecule has 0 saturated heterocycles. The minimum Gasteiger partial charge on any atom is -0.454 e. The third kappa shape index (κ3) is 6.86. The minimum atomic E-state index is 0.359. The maximum absolute atomic E-state index is 5.21. The highest BCUT2D eigenvalue weighted by Crippen LogP contribution is 2.34. The third-order valence-corrected chi connectivity index (χ3v) is 6.06. The number of fused-ring (bicyclic) bond motifs is 2. The molecule has 0 fully saturated rings. The van der Waals surface area contributed by atoms with Gasteiger partial charge in [0.05, 0.1) is 5.52 Å². The van der Waals surface area contributed by atoms with Crippen molar-refractivity contribution < 1.29 is 9.47 Å². The number of hydrogen-bond acceptors (Lipinski definition) is 6. The zero-order valence-electron chi connectivity index (χ0n) is 22.3. The topological polar surface area (TPSA) is 73.2 Å². The van der Waals surface area contributed by atoms with Gasteiger partial charge in [0, 0.05) is 25.8 Å². The lowest BCUT2D eigenvalue weighted by molar-refractivity contribution is 0.174. The van der Waals surface area contributed by atoms with Crippen LogP contribution in [0.2, 0.25) is 0 Å². The summed E-state index contributed by atoms with van der Waals surface area (Å²) in [5.41, 5.74) is 4.61. The summed E-state index contributed by atoms with van der Waals surface area (Å²) in [6.07, 6.45) is 5.34. The van der Waals surface area contributed by atoms with Crippen molar-refractivity contribution in [3.05, 3.63) is 41.3 Å². The molecular formula is C27H43N5O2. The predicted octanol–water partition coefficient (Wildman–Crippen LogP) is 6.01. The van der Waals surface area contributed by atoms with Gasteiger partial charge in [0.2, 0.25) is 6.79 Å². The number of nitrogens with zero attached hydrogens (tertiary/aromatic N) is 3. The van der Waals surface area contributed by atoms with E-state index < -0.39 is 0 Å². The van der Waals surface area contributed by atoms with Crippen LogP contribution in [-0.2, 0) is 6.54 Å². The van der Waals surface area contributed by atoms with Crippen molar-refractivity contribution in [1.82, 2.24) is 19.9 Å². The zero-order valence-corrected chi connectivity index (χ0v) is 22.3. The molecule has 2 aromatic heterocycles. The molecule has 0 saturated carbocycles. The lowest BCUT2D eigenvalue weighted by Crippen LogP contribution is -2.29. The maximum atomic E-state index is 5.21. The van der Waals surface area contributed by atoms with E-state index in [0.29, 0.717) is 12.8 Å². The SMILES string of the molecule is CC.CCC(CC)NCCCn1c(C)nc2c(NC)nccc21.Cc1cc2c(cc1C)OCO2. The normalized spacial score (nSPS) is 11.7. The Morgan fingerprint density at radius 1 is 1.03 bits per heavy atom. The number of ether oxygens (including phenoxy) is 2. The Bertz CT molecular complexity index is 999. The van der Waals surface area contributed by atoms with Gasteiger partial charge in [-0.05, 0) is 75.9 Å². The van der Waals surface area contributed by atoms with Gasteiger partial charge in [0.15, 0.2) is 17.3 Å². The van der Waals surface area contributed by atoms with Crippen molar-refractivity contribution in [2.45, 2.75) is 80.3 Å². The molecule has 7 nitrogen and oxygen atoms in total. The van der Waals surface area contributed by atoms with Crippen molar-refractivity contribution in [1.29, 1.82) is 0 Å². The highest BCUT2D eigenvalue weighted by molar-refractivity contribution is 5.86. The van der Waals surface area contributed by atoms with Crippen LogP contribution in [0.15, 0.2) is 24.4 Å². The standard InChI is InChI=1S/C16H27N5.C9H10O2.C2H6/c1-5-13(6-2)18-9-7-11-21-12(3)20-15-14(21)8-10-19-16(15)17-4;1-6-3-8-9(4-7(6)2)11-5-10-8;1-2/h8,10,13,18H,5-7,9,11H2,1-4H3,(H,17,19);3-4H,5H2,1-2H3;1-2H3. The average molecular weight is 470 g/mol. The summed E-state index contributed by atoms with van der Waals surface area (Å²) < 4.78 is 12.7. The number of nitrogens with one attached hydrogen (secondary N) is 2. The third-order valence-electron chi connectivity index (χ3n) is 6.06. The summed E-state index contributed by atoms with van der Waals surface area (Å²) in [5, 5.41) is 6.72. The number of aromatic nitrogens is 3. The van der Waals surface area contributed by atoms with Gasteiger partial charge in [-0.3, -0.25) is 0 Å². The van der Waals surface area contributed by atoms with Crippen molar-refractivity contribution >= 4 is 16.9 Å². The summed E-state index contributed by atoms with van der Waals surface area (Å²) in [6.45, 7) is 17.1. The van der Waals surface area contributed by atoms with Gasteiger partial charge in [-0.25, -0.2) is 9.97 Å². The molecule has 2 N–H and O–H groups in total. The monoisotopic (exact) mass is 469 g/mol. The molecule has 0 bridgehead atoms.